The highest BCUT2D eigenvalue weighted by molar-refractivity contribution is 5.40. The monoisotopic (exact) mass is 247 g/mol. The number of anilines is 1. The lowest BCUT2D eigenvalue weighted by atomic mass is 10.00. The number of hydrogen-bond donors (Lipinski definition) is 1. The summed E-state index contributed by atoms with van der Waals surface area (Å²) in [6, 6.07) is 9.47. The fraction of sp³-hybridized carbons (Fsp3) is 0.600. The van der Waals surface area contributed by atoms with Crippen LogP contribution in [-0.2, 0) is 0 Å². The molecular formula is C15H25N3. The largest absolute Gasteiger partial charge is 0.399 e. The predicted octanol–water partition coefficient (Wildman–Crippen LogP) is 2.36. The lowest BCUT2D eigenvalue weighted by Gasteiger charge is -2.39. The summed E-state index contributed by atoms with van der Waals surface area (Å²) in [5.74, 6) is 0. The van der Waals surface area contributed by atoms with E-state index in [0.717, 1.165) is 5.69 Å². The highest BCUT2D eigenvalue weighted by Crippen LogP contribution is 2.25. The third-order valence-corrected chi connectivity index (χ3v) is 4.12. The van der Waals surface area contributed by atoms with Crippen LogP contribution in [0.5, 0.6) is 0 Å². The van der Waals surface area contributed by atoms with Crippen molar-refractivity contribution in [2.45, 2.75) is 31.8 Å². The first-order valence-electron chi connectivity index (χ1n) is 6.84. The summed E-state index contributed by atoms with van der Waals surface area (Å²) in [5, 5.41) is 0. The van der Waals surface area contributed by atoms with Crippen LogP contribution in [0.2, 0.25) is 0 Å². The fourth-order valence-corrected chi connectivity index (χ4v) is 2.74. The summed E-state index contributed by atoms with van der Waals surface area (Å²) >= 11 is 0. The first-order valence-corrected chi connectivity index (χ1v) is 6.84. The molecule has 2 atom stereocenters. The van der Waals surface area contributed by atoms with Crippen molar-refractivity contribution in [1.82, 2.24) is 9.80 Å². The van der Waals surface area contributed by atoms with E-state index < -0.39 is 0 Å². The average molecular weight is 247 g/mol. The number of rotatable bonds is 3. The van der Waals surface area contributed by atoms with E-state index in [2.05, 4.69) is 43.0 Å². The summed E-state index contributed by atoms with van der Waals surface area (Å²) in [4.78, 5) is 4.93. The van der Waals surface area contributed by atoms with Gasteiger partial charge >= 0.3 is 0 Å². The zero-order valence-electron chi connectivity index (χ0n) is 11.8. The molecule has 2 rings (SSSR count). The standard InChI is InChI=1S/C15H25N3/c1-12(13-6-8-14(16)9-7-13)18-10-4-5-15(11-18)17(2)3/h6-9,12,15H,4-5,10-11,16H2,1-3H3. The molecule has 18 heavy (non-hydrogen) atoms. The molecule has 1 aromatic rings. The van der Waals surface area contributed by atoms with E-state index in [1.165, 1.54) is 31.5 Å². The third kappa shape index (κ3) is 3.03. The zero-order valence-corrected chi connectivity index (χ0v) is 11.8. The van der Waals surface area contributed by atoms with Crippen molar-refractivity contribution < 1.29 is 0 Å². The van der Waals surface area contributed by atoms with Crippen molar-refractivity contribution in [3.05, 3.63) is 29.8 Å². The van der Waals surface area contributed by atoms with E-state index >= 15 is 0 Å². The molecule has 1 aliphatic rings. The molecule has 0 bridgehead atoms. The van der Waals surface area contributed by atoms with Crippen molar-refractivity contribution in [1.29, 1.82) is 0 Å². The molecule has 1 heterocycles. The quantitative estimate of drug-likeness (QED) is 0.832. The van der Waals surface area contributed by atoms with Crippen molar-refractivity contribution >= 4 is 5.69 Å². The van der Waals surface area contributed by atoms with Gasteiger partial charge in [-0.3, -0.25) is 4.90 Å². The number of likely N-dealkylation sites (tertiary alicyclic amines) is 1. The van der Waals surface area contributed by atoms with E-state index in [1.54, 1.807) is 0 Å². The van der Waals surface area contributed by atoms with Gasteiger partial charge in [0.2, 0.25) is 0 Å². The Kier molecular flexibility index (Phi) is 4.25. The Hall–Kier alpha value is -1.06. The summed E-state index contributed by atoms with van der Waals surface area (Å²) < 4.78 is 0. The molecule has 3 nitrogen and oxygen atoms in total. The minimum absolute atomic E-state index is 0.480. The third-order valence-electron chi connectivity index (χ3n) is 4.12. The van der Waals surface area contributed by atoms with E-state index in [4.69, 9.17) is 5.73 Å². The van der Waals surface area contributed by atoms with Crippen LogP contribution < -0.4 is 5.73 Å². The maximum absolute atomic E-state index is 5.75. The molecule has 1 fully saturated rings. The molecule has 3 heteroatoms. The SMILES string of the molecule is CC(c1ccc(N)cc1)N1CCCC(N(C)C)C1. The lowest BCUT2D eigenvalue weighted by Crippen LogP contribution is -2.45. The van der Waals surface area contributed by atoms with Gasteiger partial charge in [0, 0.05) is 24.3 Å². The van der Waals surface area contributed by atoms with Gasteiger partial charge in [-0.25, -0.2) is 0 Å². The number of likely N-dealkylation sites (N-methyl/N-ethyl adjacent to an activating group) is 1. The predicted molar refractivity (Wildman–Crippen MR) is 77.6 cm³/mol. The van der Waals surface area contributed by atoms with Gasteiger partial charge in [0.1, 0.15) is 0 Å². The molecule has 0 radical (unpaired) electrons. The summed E-state index contributed by atoms with van der Waals surface area (Å²) in [6.45, 7) is 4.66. The molecule has 0 spiro atoms. The van der Waals surface area contributed by atoms with Gasteiger partial charge in [-0.15, -0.1) is 0 Å². The number of nitrogens with zero attached hydrogens (tertiary/aromatic N) is 2. The number of hydrogen-bond acceptors (Lipinski definition) is 3. The van der Waals surface area contributed by atoms with E-state index in [-0.39, 0.29) is 0 Å². The smallest absolute Gasteiger partial charge is 0.0320 e. The minimum atomic E-state index is 0.480. The van der Waals surface area contributed by atoms with E-state index in [1.807, 2.05) is 12.1 Å². The Balaban J connectivity index is 2.04. The Morgan fingerprint density at radius 1 is 1.28 bits per heavy atom. The van der Waals surface area contributed by atoms with Crippen LogP contribution >= 0.6 is 0 Å². The molecule has 1 aromatic carbocycles. The number of nitrogen functional groups attached to an aromatic ring is 1. The van der Waals surface area contributed by atoms with Crippen molar-refractivity contribution in [2.24, 2.45) is 0 Å². The zero-order chi connectivity index (χ0) is 13.1. The van der Waals surface area contributed by atoms with Crippen LogP contribution in [0.25, 0.3) is 0 Å². The molecule has 0 saturated carbocycles. The molecule has 0 amide bonds. The molecule has 2 unspecified atom stereocenters. The number of benzene rings is 1. The lowest BCUT2D eigenvalue weighted by molar-refractivity contribution is 0.102. The van der Waals surface area contributed by atoms with Crippen molar-refractivity contribution in [3.63, 3.8) is 0 Å². The van der Waals surface area contributed by atoms with Gasteiger partial charge in [0.05, 0.1) is 0 Å². The van der Waals surface area contributed by atoms with Crippen molar-refractivity contribution in [2.75, 3.05) is 32.9 Å². The topological polar surface area (TPSA) is 32.5 Å². The molecular weight excluding hydrogens is 222 g/mol. The van der Waals surface area contributed by atoms with Gasteiger partial charge in [0.25, 0.3) is 0 Å². The first-order chi connectivity index (χ1) is 8.58. The average Bonchev–Trinajstić information content (AvgIpc) is 2.39. The summed E-state index contributed by atoms with van der Waals surface area (Å²) in [5.41, 5.74) is 7.95. The van der Waals surface area contributed by atoms with Gasteiger partial charge in [-0.05, 0) is 58.1 Å². The van der Waals surface area contributed by atoms with Gasteiger partial charge in [-0.1, -0.05) is 12.1 Å². The van der Waals surface area contributed by atoms with Gasteiger partial charge in [-0.2, -0.15) is 0 Å². The summed E-state index contributed by atoms with van der Waals surface area (Å²) in [7, 11) is 4.37. The van der Waals surface area contributed by atoms with Crippen LogP contribution in [0.15, 0.2) is 24.3 Å². The maximum atomic E-state index is 5.75. The number of nitrogens with two attached hydrogens (primary N) is 1. The highest BCUT2D eigenvalue weighted by Gasteiger charge is 2.25. The van der Waals surface area contributed by atoms with Crippen LogP contribution in [0.3, 0.4) is 0 Å². The normalized spacial score (nSPS) is 23.2. The molecule has 1 aliphatic heterocycles. The second-order valence-corrected chi connectivity index (χ2v) is 5.60. The first kappa shape index (κ1) is 13.4. The van der Waals surface area contributed by atoms with Crippen molar-refractivity contribution in [3.8, 4) is 0 Å². The Labute approximate surface area is 111 Å². The second kappa shape index (κ2) is 5.72. The van der Waals surface area contributed by atoms with Gasteiger partial charge in [0.15, 0.2) is 0 Å². The van der Waals surface area contributed by atoms with Crippen LogP contribution in [0.4, 0.5) is 5.69 Å². The Morgan fingerprint density at radius 2 is 1.94 bits per heavy atom. The van der Waals surface area contributed by atoms with Crippen LogP contribution in [0, 0.1) is 0 Å². The molecule has 0 aromatic heterocycles. The maximum Gasteiger partial charge on any atom is 0.0320 e. The molecule has 1 saturated heterocycles. The highest BCUT2D eigenvalue weighted by atomic mass is 15.2. The Morgan fingerprint density at radius 3 is 2.56 bits per heavy atom. The Bertz CT molecular complexity index is 372. The second-order valence-electron chi connectivity index (χ2n) is 5.60. The number of piperidine rings is 1. The van der Waals surface area contributed by atoms with Crippen LogP contribution in [-0.4, -0.2) is 43.0 Å². The van der Waals surface area contributed by atoms with Crippen LogP contribution in [0.1, 0.15) is 31.4 Å². The molecule has 0 aliphatic carbocycles. The van der Waals surface area contributed by atoms with E-state index in [9.17, 15) is 0 Å². The molecule has 2 N–H and O–H groups in total. The van der Waals surface area contributed by atoms with E-state index in [0.29, 0.717) is 12.1 Å². The molecule has 100 valence electrons. The minimum Gasteiger partial charge on any atom is -0.399 e. The fourth-order valence-electron chi connectivity index (χ4n) is 2.74. The summed E-state index contributed by atoms with van der Waals surface area (Å²) in [6.07, 6.45) is 2.61. The van der Waals surface area contributed by atoms with Gasteiger partial charge < -0.3 is 10.6 Å².